The zero-order valence-corrected chi connectivity index (χ0v) is 14.2. The van der Waals surface area contributed by atoms with E-state index in [9.17, 15) is 9.59 Å². The highest BCUT2D eigenvalue weighted by Gasteiger charge is 2.11. The van der Waals surface area contributed by atoms with Gasteiger partial charge in [0, 0.05) is 28.7 Å². The molecule has 120 valence electrons. The Hall–Kier alpha value is -1.75. The summed E-state index contributed by atoms with van der Waals surface area (Å²) in [5, 5.41) is 6.58. The van der Waals surface area contributed by atoms with Gasteiger partial charge in [0.2, 0.25) is 0 Å². The standard InChI is InChI=1S/C16H13Cl3N2O2/c17-11-3-1-2-10(8-11)15(22)20-6-7-21-16(23)13-9-12(18)4-5-14(13)19/h1-5,8-9H,6-7H2,(H,20,22)(H,21,23). The molecule has 0 aromatic heterocycles. The Kier molecular flexibility index (Phi) is 6.28. The molecule has 7 heteroatoms. The highest BCUT2D eigenvalue weighted by molar-refractivity contribution is 6.35. The molecule has 2 amide bonds. The second-order valence-corrected chi connectivity index (χ2v) is 5.93. The molecule has 0 aliphatic heterocycles. The van der Waals surface area contributed by atoms with E-state index in [1.807, 2.05) is 0 Å². The van der Waals surface area contributed by atoms with Crippen LogP contribution in [-0.2, 0) is 0 Å². The summed E-state index contributed by atoms with van der Waals surface area (Å²) in [6.07, 6.45) is 0. The van der Waals surface area contributed by atoms with E-state index in [1.54, 1.807) is 36.4 Å². The highest BCUT2D eigenvalue weighted by Crippen LogP contribution is 2.20. The SMILES string of the molecule is O=C(NCCNC(=O)c1cc(Cl)ccc1Cl)c1cccc(Cl)c1. The van der Waals surface area contributed by atoms with Crippen molar-refractivity contribution in [2.45, 2.75) is 0 Å². The van der Waals surface area contributed by atoms with E-state index in [0.29, 0.717) is 26.2 Å². The number of rotatable bonds is 5. The van der Waals surface area contributed by atoms with Crippen LogP contribution in [0, 0.1) is 0 Å². The molecule has 0 bridgehead atoms. The molecule has 0 unspecified atom stereocenters. The summed E-state index contributed by atoms with van der Waals surface area (Å²) in [5.41, 5.74) is 0.752. The molecule has 0 radical (unpaired) electrons. The van der Waals surface area contributed by atoms with Gasteiger partial charge in [0.05, 0.1) is 10.6 Å². The minimum Gasteiger partial charge on any atom is -0.350 e. The van der Waals surface area contributed by atoms with Crippen LogP contribution in [0.2, 0.25) is 15.1 Å². The fourth-order valence-corrected chi connectivity index (χ4v) is 2.42. The summed E-state index contributed by atoms with van der Waals surface area (Å²) in [7, 11) is 0. The van der Waals surface area contributed by atoms with Crippen LogP contribution in [0.5, 0.6) is 0 Å². The first-order valence-electron chi connectivity index (χ1n) is 6.74. The van der Waals surface area contributed by atoms with Gasteiger partial charge in [0.25, 0.3) is 11.8 Å². The molecule has 0 saturated carbocycles. The lowest BCUT2D eigenvalue weighted by atomic mass is 10.2. The van der Waals surface area contributed by atoms with Gasteiger partial charge >= 0.3 is 0 Å². The number of amides is 2. The van der Waals surface area contributed by atoms with E-state index in [2.05, 4.69) is 10.6 Å². The molecule has 0 aliphatic carbocycles. The maximum atomic E-state index is 12.0. The fourth-order valence-electron chi connectivity index (χ4n) is 1.85. The highest BCUT2D eigenvalue weighted by atomic mass is 35.5. The topological polar surface area (TPSA) is 58.2 Å². The van der Waals surface area contributed by atoms with Crippen molar-refractivity contribution in [2.24, 2.45) is 0 Å². The molecular weight excluding hydrogens is 359 g/mol. The van der Waals surface area contributed by atoms with Crippen molar-refractivity contribution in [1.29, 1.82) is 0 Å². The van der Waals surface area contributed by atoms with Crippen molar-refractivity contribution >= 4 is 46.6 Å². The van der Waals surface area contributed by atoms with E-state index < -0.39 is 0 Å². The molecule has 2 N–H and O–H groups in total. The largest absolute Gasteiger partial charge is 0.350 e. The lowest BCUT2D eigenvalue weighted by Crippen LogP contribution is -2.34. The second-order valence-electron chi connectivity index (χ2n) is 4.65. The lowest BCUT2D eigenvalue weighted by molar-refractivity contribution is 0.0927. The van der Waals surface area contributed by atoms with Crippen LogP contribution in [0.4, 0.5) is 0 Å². The number of hydrogen-bond donors (Lipinski definition) is 2. The van der Waals surface area contributed by atoms with Gasteiger partial charge in [-0.2, -0.15) is 0 Å². The summed E-state index contributed by atoms with van der Waals surface area (Å²) in [6.45, 7) is 0.531. The van der Waals surface area contributed by atoms with E-state index in [0.717, 1.165) is 0 Å². The average molecular weight is 372 g/mol. The third kappa shape index (κ3) is 5.13. The van der Waals surface area contributed by atoms with Crippen LogP contribution in [0.3, 0.4) is 0 Å². The third-order valence-electron chi connectivity index (χ3n) is 2.96. The first-order chi connectivity index (χ1) is 11.0. The first-order valence-corrected chi connectivity index (χ1v) is 7.88. The molecule has 0 atom stereocenters. The molecule has 0 heterocycles. The minimum atomic E-state index is -0.352. The lowest BCUT2D eigenvalue weighted by Gasteiger charge is -2.08. The molecule has 2 rings (SSSR count). The second kappa shape index (κ2) is 8.20. The van der Waals surface area contributed by atoms with Crippen molar-refractivity contribution in [3.8, 4) is 0 Å². The zero-order chi connectivity index (χ0) is 16.8. The Labute approximate surface area is 148 Å². The van der Waals surface area contributed by atoms with Gasteiger partial charge in [-0.3, -0.25) is 9.59 Å². The zero-order valence-electron chi connectivity index (χ0n) is 11.9. The van der Waals surface area contributed by atoms with Gasteiger partial charge in [-0.25, -0.2) is 0 Å². The van der Waals surface area contributed by atoms with E-state index >= 15 is 0 Å². The number of nitrogens with one attached hydrogen (secondary N) is 2. The van der Waals surface area contributed by atoms with Crippen molar-refractivity contribution < 1.29 is 9.59 Å². The number of hydrogen-bond acceptors (Lipinski definition) is 2. The van der Waals surface area contributed by atoms with Gasteiger partial charge in [0.15, 0.2) is 0 Å². The van der Waals surface area contributed by atoms with Crippen molar-refractivity contribution in [1.82, 2.24) is 10.6 Å². The predicted octanol–water partition coefficient (Wildman–Crippen LogP) is 3.81. The van der Waals surface area contributed by atoms with Gasteiger partial charge in [-0.15, -0.1) is 0 Å². The first kappa shape index (κ1) is 17.6. The van der Waals surface area contributed by atoms with Crippen molar-refractivity contribution in [3.05, 3.63) is 68.7 Å². The molecule has 4 nitrogen and oxygen atoms in total. The molecule has 0 spiro atoms. The summed E-state index contributed by atoms with van der Waals surface area (Å²) in [6, 6.07) is 11.3. The van der Waals surface area contributed by atoms with Crippen molar-refractivity contribution in [2.75, 3.05) is 13.1 Å². The number of benzene rings is 2. The van der Waals surface area contributed by atoms with E-state index in [1.165, 1.54) is 6.07 Å². The molecule has 0 aliphatic rings. The maximum Gasteiger partial charge on any atom is 0.252 e. The molecule has 0 fully saturated rings. The van der Waals surface area contributed by atoms with Gasteiger partial charge < -0.3 is 10.6 Å². The smallest absolute Gasteiger partial charge is 0.252 e. The summed E-state index contributed by atoms with van der Waals surface area (Å²) < 4.78 is 0. The van der Waals surface area contributed by atoms with E-state index in [-0.39, 0.29) is 24.9 Å². The van der Waals surface area contributed by atoms with Crippen molar-refractivity contribution in [3.63, 3.8) is 0 Å². The number of carbonyl (C=O) groups excluding carboxylic acids is 2. The average Bonchev–Trinajstić information content (AvgIpc) is 2.53. The molecular formula is C16H13Cl3N2O2. The Morgan fingerprint density at radius 2 is 1.48 bits per heavy atom. The van der Waals surface area contributed by atoms with Crippen LogP contribution in [0.25, 0.3) is 0 Å². The predicted molar refractivity (Wildman–Crippen MR) is 92.6 cm³/mol. The Bertz CT molecular complexity index is 735. The molecule has 2 aromatic carbocycles. The number of halogens is 3. The monoisotopic (exact) mass is 370 g/mol. The van der Waals surface area contributed by atoms with Crippen LogP contribution in [0.15, 0.2) is 42.5 Å². The normalized spacial score (nSPS) is 10.2. The molecule has 0 saturated heterocycles. The Morgan fingerprint density at radius 3 is 2.17 bits per heavy atom. The minimum absolute atomic E-state index is 0.258. The summed E-state index contributed by atoms with van der Waals surface area (Å²) in [5.74, 6) is -0.614. The maximum absolute atomic E-state index is 12.0. The Morgan fingerprint density at radius 1 is 0.826 bits per heavy atom. The van der Waals surface area contributed by atoms with Gasteiger partial charge in [0.1, 0.15) is 0 Å². The Balaban J connectivity index is 1.82. The van der Waals surface area contributed by atoms with Gasteiger partial charge in [-0.1, -0.05) is 40.9 Å². The molecule has 23 heavy (non-hydrogen) atoms. The van der Waals surface area contributed by atoms with Gasteiger partial charge in [-0.05, 0) is 36.4 Å². The van der Waals surface area contributed by atoms with Crippen LogP contribution < -0.4 is 10.6 Å². The quantitative estimate of drug-likeness (QED) is 0.785. The van der Waals surface area contributed by atoms with Crippen LogP contribution in [0.1, 0.15) is 20.7 Å². The number of carbonyl (C=O) groups is 2. The van der Waals surface area contributed by atoms with E-state index in [4.69, 9.17) is 34.8 Å². The summed E-state index contributed by atoms with van der Waals surface area (Å²) >= 11 is 17.6. The van der Waals surface area contributed by atoms with Crippen LogP contribution >= 0.6 is 34.8 Å². The van der Waals surface area contributed by atoms with Crippen LogP contribution in [-0.4, -0.2) is 24.9 Å². The third-order valence-corrected chi connectivity index (χ3v) is 3.76. The molecule has 2 aromatic rings. The summed E-state index contributed by atoms with van der Waals surface area (Å²) in [4.78, 5) is 23.9. The fraction of sp³-hybridized carbons (Fsp3) is 0.125.